The summed E-state index contributed by atoms with van der Waals surface area (Å²) in [5.74, 6) is -1.04. The second-order valence-electron chi connectivity index (χ2n) is 6.71. The van der Waals surface area contributed by atoms with Crippen LogP contribution in [0.4, 0.5) is 0 Å². The molecule has 0 aliphatic heterocycles. The van der Waals surface area contributed by atoms with E-state index in [1.165, 1.54) is 7.11 Å². The molecule has 0 amide bonds. The fraction of sp³-hybridized carbons (Fsp3) is 0.261. The van der Waals surface area contributed by atoms with Crippen LogP contribution in [0.5, 0.6) is 11.9 Å². The highest BCUT2D eigenvalue weighted by atomic mass is 16.6. The molecule has 3 rings (SSSR count). The van der Waals surface area contributed by atoms with Crippen molar-refractivity contribution in [3.63, 3.8) is 0 Å². The normalized spacial score (nSPS) is 12.2. The number of nitrogens with zero attached hydrogens (tertiary/aromatic N) is 2. The van der Waals surface area contributed by atoms with E-state index in [-0.39, 0.29) is 25.1 Å². The predicted octanol–water partition coefficient (Wildman–Crippen LogP) is 2.58. The summed E-state index contributed by atoms with van der Waals surface area (Å²) in [6.45, 7) is 1.30. The lowest BCUT2D eigenvalue weighted by Crippen LogP contribution is -2.51. The van der Waals surface area contributed by atoms with Crippen LogP contribution in [0.1, 0.15) is 16.8 Å². The molecule has 31 heavy (non-hydrogen) atoms. The van der Waals surface area contributed by atoms with Gasteiger partial charge >= 0.3 is 12.0 Å². The molecule has 0 radical (unpaired) electrons. The number of methoxy groups -OCH3 is 1. The number of carboxylic acids is 1. The second-order valence-corrected chi connectivity index (χ2v) is 6.71. The average molecular weight is 424 g/mol. The summed E-state index contributed by atoms with van der Waals surface area (Å²) < 4.78 is 17.1. The fourth-order valence-corrected chi connectivity index (χ4v) is 3.37. The van der Waals surface area contributed by atoms with Crippen molar-refractivity contribution in [2.24, 2.45) is 0 Å². The third-order valence-electron chi connectivity index (χ3n) is 4.66. The summed E-state index contributed by atoms with van der Waals surface area (Å²) in [7, 11) is 1.45. The molecule has 0 bridgehead atoms. The molecule has 0 aliphatic rings. The Morgan fingerprint density at radius 3 is 2.10 bits per heavy atom. The first-order valence-electron chi connectivity index (χ1n) is 9.66. The maximum Gasteiger partial charge on any atom is 0.348 e. The zero-order chi connectivity index (χ0) is 22.3. The largest absolute Gasteiger partial charge is 0.481 e. The van der Waals surface area contributed by atoms with Gasteiger partial charge in [-0.25, -0.2) is 9.78 Å². The number of rotatable bonds is 10. The lowest BCUT2D eigenvalue weighted by molar-refractivity contribution is -0.165. The minimum absolute atomic E-state index is 0.116. The summed E-state index contributed by atoms with van der Waals surface area (Å²) in [6, 6.07) is 19.2. The summed E-state index contributed by atoms with van der Waals surface area (Å²) >= 11 is 0. The van der Waals surface area contributed by atoms with Gasteiger partial charge in [-0.1, -0.05) is 60.7 Å². The van der Waals surface area contributed by atoms with Crippen LogP contribution in [-0.4, -0.2) is 52.6 Å². The van der Waals surface area contributed by atoms with E-state index in [1.807, 2.05) is 12.1 Å². The Kier molecular flexibility index (Phi) is 7.17. The van der Waals surface area contributed by atoms with E-state index in [1.54, 1.807) is 61.5 Å². The molecule has 3 aromatic rings. The Balaban J connectivity index is 2.21. The number of carbonyl (C=O) groups is 1. The summed E-state index contributed by atoms with van der Waals surface area (Å²) in [6.07, 6.45) is -1.57. The number of carboxylic acid groups (broad SMARTS) is 1. The van der Waals surface area contributed by atoms with Gasteiger partial charge in [0, 0.05) is 11.8 Å². The number of hydrogen-bond acceptors (Lipinski definition) is 7. The topological polar surface area (TPSA) is 111 Å². The molecule has 0 saturated heterocycles. The van der Waals surface area contributed by atoms with E-state index in [4.69, 9.17) is 14.2 Å². The molecule has 0 unspecified atom stereocenters. The number of hydrogen-bond donors (Lipinski definition) is 2. The maximum absolute atomic E-state index is 12.5. The van der Waals surface area contributed by atoms with Gasteiger partial charge in [0.05, 0.1) is 20.3 Å². The molecule has 8 heteroatoms. The van der Waals surface area contributed by atoms with Crippen LogP contribution in [0.2, 0.25) is 0 Å². The van der Waals surface area contributed by atoms with E-state index in [0.29, 0.717) is 16.8 Å². The Bertz CT molecular complexity index is 958. The van der Waals surface area contributed by atoms with Crippen LogP contribution in [0.15, 0.2) is 66.7 Å². The quantitative estimate of drug-likeness (QED) is 0.511. The smallest absolute Gasteiger partial charge is 0.348 e. The second kappa shape index (κ2) is 10.0. The standard InChI is InChI=1S/C23H24N2O6/c1-16-15-19(29-2)25-22(24-16)31-20(21(27)28)23(30-14-13-26,17-9-5-3-6-10-17)18-11-7-4-8-12-18/h3-12,15,20,26H,13-14H2,1-2H3,(H,27,28)/t20-/m1/s1. The van der Waals surface area contributed by atoms with Crippen molar-refractivity contribution >= 4 is 5.97 Å². The monoisotopic (exact) mass is 424 g/mol. The lowest BCUT2D eigenvalue weighted by Gasteiger charge is -2.38. The molecular weight excluding hydrogens is 400 g/mol. The minimum Gasteiger partial charge on any atom is -0.481 e. The summed E-state index contributed by atoms with van der Waals surface area (Å²) in [5.41, 5.74) is 0.0489. The Morgan fingerprint density at radius 1 is 1.03 bits per heavy atom. The van der Waals surface area contributed by atoms with Crippen LogP contribution in [0.3, 0.4) is 0 Å². The van der Waals surface area contributed by atoms with Crippen molar-refractivity contribution in [1.29, 1.82) is 0 Å². The summed E-state index contributed by atoms with van der Waals surface area (Å²) in [4.78, 5) is 20.9. The number of aliphatic hydroxyl groups excluding tert-OH is 1. The average Bonchev–Trinajstić information content (AvgIpc) is 2.79. The van der Waals surface area contributed by atoms with Gasteiger partial charge in [-0.05, 0) is 18.1 Å². The van der Waals surface area contributed by atoms with E-state index in [2.05, 4.69) is 9.97 Å². The highest BCUT2D eigenvalue weighted by Gasteiger charge is 2.50. The van der Waals surface area contributed by atoms with E-state index in [9.17, 15) is 15.0 Å². The van der Waals surface area contributed by atoms with Crippen molar-refractivity contribution in [2.45, 2.75) is 18.6 Å². The molecule has 2 N–H and O–H groups in total. The number of ether oxygens (including phenoxy) is 3. The Hall–Kier alpha value is -3.49. The minimum atomic E-state index is -1.59. The Morgan fingerprint density at radius 2 is 1.61 bits per heavy atom. The number of aromatic nitrogens is 2. The zero-order valence-electron chi connectivity index (χ0n) is 17.3. The van der Waals surface area contributed by atoms with Gasteiger partial charge in [0.15, 0.2) is 5.60 Å². The third-order valence-corrected chi connectivity index (χ3v) is 4.66. The molecule has 0 spiro atoms. The lowest BCUT2D eigenvalue weighted by atomic mass is 9.81. The zero-order valence-corrected chi connectivity index (χ0v) is 17.3. The molecule has 1 heterocycles. The number of benzene rings is 2. The SMILES string of the molecule is COc1cc(C)nc(O[C@H](C(=O)O)C(OCCO)(c2ccccc2)c2ccccc2)n1. The molecule has 0 aliphatic carbocycles. The predicted molar refractivity (Wildman–Crippen MR) is 112 cm³/mol. The van der Waals surface area contributed by atoms with E-state index >= 15 is 0 Å². The van der Waals surface area contributed by atoms with Crippen LogP contribution < -0.4 is 9.47 Å². The summed E-state index contributed by atoms with van der Waals surface area (Å²) in [5, 5.41) is 19.7. The molecule has 1 atom stereocenters. The molecule has 162 valence electrons. The molecule has 2 aromatic carbocycles. The van der Waals surface area contributed by atoms with Gasteiger partial charge < -0.3 is 24.4 Å². The van der Waals surface area contributed by atoms with Gasteiger partial charge in [-0.15, -0.1) is 0 Å². The van der Waals surface area contributed by atoms with E-state index in [0.717, 1.165) is 0 Å². The molecule has 1 aromatic heterocycles. The van der Waals surface area contributed by atoms with Crippen LogP contribution in [0.25, 0.3) is 0 Å². The van der Waals surface area contributed by atoms with Crippen molar-refractivity contribution < 1.29 is 29.2 Å². The van der Waals surface area contributed by atoms with Crippen molar-refractivity contribution in [3.8, 4) is 11.9 Å². The van der Waals surface area contributed by atoms with Crippen molar-refractivity contribution in [2.75, 3.05) is 20.3 Å². The van der Waals surface area contributed by atoms with Gasteiger partial charge in [0.25, 0.3) is 0 Å². The number of aliphatic carboxylic acids is 1. The first kappa shape index (κ1) is 22.2. The molecule has 0 saturated carbocycles. The third kappa shape index (κ3) is 4.82. The van der Waals surface area contributed by atoms with Crippen molar-refractivity contribution in [3.05, 3.63) is 83.6 Å². The van der Waals surface area contributed by atoms with Crippen molar-refractivity contribution in [1.82, 2.24) is 9.97 Å². The molecule has 0 fully saturated rings. The fourth-order valence-electron chi connectivity index (χ4n) is 3.37. The first-order valence-corrected chi connectivity index (χ1v) is 9.66. The van der Waals surface area contributed by atoms with Gasteiger partial charge in [-0.3, -0.25) is 0 Å². The molecular formula is C23H24N2O6. The first-order chi connectivity index (χ1) is 15.0. The molecule has 8 nitrogen and oxygen atoms in total. The maximum atomic E-state index is 12.5. The van der Waals surface area contributed by atoms with Crippen LogP contribution in [-0.2, 0) is 15.1 Å². The number of aryl methyl sites for hydroxylation is 1. The highest BCUT2D eigenvalue weighted by molar-refractivity contribution is 5.76. The highest BCUT2D eigenvalue weighted by Crippen LogP contribution is 2.39. The number of aliphatic hydroxyl groups is 1. The van der Waals surface area contributed by atoms with Gasteiger partial charge in [0.2, 0.25) is 12.0 Å². The van der Waals surface area contributed by atoms with Gasteiger partial charge in [0.1, 0.15) is 0 Å². The van der Waals surface area contributed by atoms with Gasteiger partial charge in [-0.2, -0.15) is 4.98 Å². The Labute approximate surface area is 180 Å². The van der Waals surface area contributed by atoms with Crippen LogP contribution >= 0.6 is 0 Å². The van der Waals surface area contributed by atoms with Crippen LogP contribution in [0, 0.1) is 6.92 Å². The van der Waals surface area contributed by atoms with E-state index < -0.39 is 17.7 Å².